The Kier molecular flexibility index (Phi) is 9.46. The van der Waals surface area contributed by atoms with Crippen molar-refractivity contribution in [3.63, 3.8) is 0 Å². The molecule has 0 saturated carbocycles. The van der Waals surface area contributed by atoms with E-state index in [0.717, 1.165) is 0 Å². The fourth-order valence-electron chi connectivity index (χ4n) is 4.60. The van der Waals surface area contributed by atoms with Crippen LogP contribution in [0.4, 0.5) is 5.69 Å². The summed E-state index contributed by atoms with van der Waals surface area (Å²) in [6.07, 6.45) is -0.685. The molecule has 42 heavy (non-hydrogen) atoms. The van der Waals surface area contributed by atoms with Crippen molar-refractivity contribution in [2.24, 2.45) is 5.92 Å². The van der Waals surface area contributed by atoms with Crippen LogP contribution >= 0.6 is 0 Å². The van der Waals surface area contributed by atoms with Gasteiger partial charge in [-0.2, -0.15) is 4.31 Å². The van der Waals surface area contributed by atoms with Gasteiger partial charge in [0.1, 0.15) is 17.6 Å². The molecular weight excluding hydrogens is 582 g/mol. The summed E-state index contributed by atoms with van der Waals surface area (Å²) in [4.78, 5) is 15.3. The Morgan fingerprint density at radius 1 is 1.05 bits per heavy atom. The topological polar surface area (TPSA) is 143 Å². The van der Waals surface area contributed by atoms with Gasteiger partial charge in [0.25, 0.3) is 15.9 Å². The first-order chi connectivity index (χ1) is 19.9. The zero-order valence-corrected chi connectivity index (χ0v) is 25.4. The van der Waals surface area contributed by atoms with Crippen LogP contribution in [0.3, 0.4) is 0 Å². The molecule has 0 saturated heterocycles. The number of aliphatic hydroxyl groups is 1. The summed E-state index contributed by atoms with van der Waals surface area (Å²) in [6.45, 7) is 3.37. The normalized spacial score (nSPS) is 18.4. The minimum Gasteiger partial charge on any atom is -0.497 e. The number of amides is 1. The minimum absolute atomic E-state index is 0.0348. The van der Waals surface area contributed by atoms with E-state index in [0.29, 0.717) is 5.75 Å². The highest BCUT2D eigenvalue weighted by Gasteiger charge is 2.35. The number of likely N-dealkylation sites (N-methyl/N-ethyl adjacent to an activating group) is 1. The largest absolute Gasteiger partial charge is 0.497 e. The number of carbonyl (C=O) groups excluding carboxylic acids is 1. The van der Waals surface area contributed by atoms with Crippen molar-refractivity contribution in [3.8, 4) is 11.5 Å². The van der Waals surface area contributed by atoms with Crippen LogP contribution in [0.25, 0.3) is 0 Å². The van der Waals surface area contributed by atoms with Crippen molar-refractivity contribution >= 4 is 31.6 Å². The van der Waals surface area contributed by atoms with Crippen LogP contribution in [0.1, 0.15) is 24.2 Å². The van der Waals surface area contributed by atoms with E-state index < -0.39 is 38.1 Å². The molecule has 2 N–H and O–H groups in total. The lowest BCUT2D eigenvalue weighted by atomic mass is 9.99. The van der Waals surface area contributed by atoms with Gasteiger partial charge >= 0.3 is 0 Å². The van der Waals surface area contributed by atoms with Crippen LogP contribution in [-0.4, -0.2) is 83.1 Å². The molecule has 0 aliphatic carbocycles. The smallest absolute Gasteiger partial charge is 0.261 e. The monoisotopic (exact) mass is 617 g/mol. The van der Waals surface area contributed by atoms with Gasteiger partial charge in [0, 0.05) is 25.2 Å². The first-order valence-corrected chi connectivity index (χ1v) is 16.2. The van der Waals surface area contributed by atoms with Crippen molar-refractivity contribution < 1.29 is 36.2 Å². The summed E-state index contributed by atoms with van der Waals surface area (Å²) in [6, 6.07) is 17.7. The molecule has 0 unspecified atom stereocenters. The van der Waals surface area contributed by atoms with Gasteiger partial charge in [-0.25, -0.2) is 16.8 Å². The summed E-state index contributed by atoms with van der Waals surface area (Å²) in [7, 11) is -4.86. The highest BCUT2D eigenvalue weighted by atomic mass is 32.2. The van der Waals surface area contributed by atoms with Gasteiger partial charge in [-0.3, -0.25) is 9.52 Å². The van der Waals surface area contributed by atoms with Gasteiger partial charge in [-0.15, -0.1) is 0 Å². The van der Waals surface area contributed by atoms with Crippen molar-refractivity contribution in [2.45, 2.75) is 35.8 Å². The molecule has 11 nitrogen and oxygen atoms in total. The fraction of sp³-hybridized carbons (Fsp3) is 0.345. The summed E-state index contributed by atoms with van der Waals surface area (Å²) in [5.74, 6) is -0.0827. The van der Waals surface area contributed by atoms with Gasteiger partial charge < -0.3 is 19.5 Å². The standard InChI is InChI=1S/C29H35N3O8S2/c1-20-17-32(21(2)19-33)29(34)26-16-22(30-41(35,36)24-8-6-5-7-9-24)10-15-27(26)40-28(20)18-31(3)42(37,38)25-13-11-23(39-4)12-14-25/h5-16,20-21,28,30,33H,17-19H2,1-4H3/t20-,21-,28+/m0/s1. The number of aliphatic hydroxyl groups excluding tert-OH is 1. The maximum Gasteiger partial charge on any atom is 0.261 e. The SMILES string of the molecule is COc1ccc(S(=O)(=O)N(C)C[C@H]2Oc3ccc(NS(=O)(=O)c4ccccc4)cc3C(=O)N([C@@H](C)CO)C[C@@H]2C)cc1. The zero-order valence-electron chi connectivity index (χ0n) is 23.8. The number of hydrogen-bond acceptors (Lipinski definition) is 8. The molecule has 13 heteroatoms. The second-order valence-electron chi connectivity index (χ2n) is 10.2. The lowest BCUT2D eigenvalue weighted by Gasteiger charge is -2.38. The maximum atomic E-state index is 13.7. The van der Waals surface area contributed by atoms with Crippen molar-refractivity contribution in [1.82, 2.24) is 9.21 Å². The van der Waals surface area contributed by atoms with Gasteiger partial charge in [0.2, 0.25) is 10.0 Å². The Balaban J connectivity index is 1.67. The third kappa shape index (κ3) is 6.70. The molecule has 0 fully saturated rings. The van der Waals surface area contributed by atoms with Crippen LogP contribution in [0.5, 0.6) is 11.5 Å². The van der Waals surface area contributed by atoms with Gasteiger partial charge in [0.15, 0.2) is 0 Å². The molecule has 0 spiro atoms. The number of methoxy groups -OCH3 is 1. The van der Waals surface area contributed by atoms with E-state index in [-0.39, 0.29) is 52.4 Å². The predicted molar refractivity (Wildman–Crippen MR) is 158 cm³/mol. The fourth-order valence-corrected chi connectivity index (χ4v) is 6.85. The van der Waals surface area contributed by atoms with Crippen LogP contribution in [0, 0.1) is 5.92 Å². The third-order valence-electron chi connectivity index (χ3n) is 7.18. The van der Waals surface area contributed by atoms with E-state index in [4.69, 9.17) is 9.47 Å². The molecule has 3 atom stereocenters. The molecule has 226 valence electrons. The number of ether oxygens (including phenoxy) is 2. The number of anilines is 1. The van der Waals surface area contributed by atoms with Crippen molar-refractivity contribution in [2.75, 3.05) is 38.6 Å². The molecule has 0 radical (unpaired) electrons. The third-order valence-corrected chi connectivity index (χ3v) is 10.4. The molecule has 3 aromatic rings. The molecular formula is C29H35N3O8S2. The second-order valence-corrected chi connectivity index (χ2v) is 13.9. The van der Waals surface area contributed by atoms with Crippen LogP contribution in [-0.2, 0) is 20.0 Å². The zero-order chi connectivity index (χ0) is 30.7. The van der Waals surface area contributed by atoms with Crippen LogP contribution in [0.15, 0.2) is 82.6 Å². The highest BCUT2D eigenvalue weighted by molar-refractivity contribution is 7.92. The molecule has 1 aliphatic rings. The van der Waals surface area contributed by atoms with Gasteiger partial charge in [-0.1, -0.05) is 25.1 Å². The minimum atomic E-state index is -3.93. The van der Waals surface area contributed by atoms with E-state index in [2.05, 4.69) is 4.72 Å². The van der Waals surface area contributed by atoms with Crippen molar-refractivity contribution in [1.29, 1.82) is 0 Å². The van der Waals surface area contributed by atoms with Crippen LogP contribution in [0.2, 0.25) is 0 Å². The number of rotatable bonds is 10. The summed E-state index contributed by atoms with van der Waals surface area (Å²) >= 11 is 0. The number of fused-ring (bicyclic) bond motifs is 1. The van der Waals surface area contributed by atoms with E-state index in [1.807, 2.05) is 6.92 Å². The van der Waals surface area contributed by atoms with E-state index in [9.17, 15) is 26.7 Å². The number of nitrogens with one attached hydrogen (secondary N) is 1. The molecule has 4 rings (SSSR count). The Labute approximate surface area is 246 Å². The Bertz CT molecular complexity index is 1610. The molecule has 3 aromatic carbocycles. The number of benzene rings is 3. The molecule has 0 aromatic heterocycles. The number of sulfonamides is 2. The second kappa shape index (κ2) is 12.7. The molecule has 1 aliphatic heterocycles. The molecule has 1 amide bonds. The lowest BCUT2D eigenvalue weighted by Crippen LogP contribution is -2.50. The predicted octanol–water partition coefficient (Wildman–Crippen LogP) is 3.04. The molecule has 0 bridgehead atoms. The Morgan fingerprint density at radius 3 is 2.33 bits per heavy atom. The van der Waals surface area contributed by atoms with E-state index in [1.165, 1.54) is 65.8 Å². The quantitative estimate of drug-likeness (QED) is 0.354. The van der Waals surface area contributed by atoms with E-state index >= 15 is 0 Å². The number of carbonyl (C=O) groups is 1. The average molecular weight is 618 g/mol. The Morgan fingerprint density at radius 2 is 1.71 bits per heavy atom. The van der Waals surface area contributed by atoms with Crippen molar-refractivity contribution in [3.05, 3.63) is 78.4 Å². The maximum absolute atomic E-state index is 13.7. The first-order valence-electron chi connectivity index (χ1n) is 13.3. The summed E-state index contributed by atoms with van der Waals surface area (Å²) < 4.78 is 67.6. The van der Waals surface area contributed by atoms with Gasteiger partial charge in [-0.05, 0) is 61.5 Å². The summed E-state index contributed by atoms with van der Waals surface area (Å²) in [5, 5.41) is 9.90. The average Bonchev–Trinajstić information content (AvgIpc) is 2.99. The van der Waals surface area contributed by atoms with Crippen LogP contribution < -0.4 is 14.2 Å². The summed E-state index contributed by atoms with van der Waals surface area (Å²) in [5.41, 5.74) is 0.233. The lowest BCUT2D eigenvalue weighted by molar-refractivity contribution is 0.0387. The number of hydrogen-bond donors (Lipinski definition) is 2. The van der Waals surface area contributed by atoms with Gasteiger partial charge in [0.05, 0.1) is 41.7 Å². The highest BCUT2D eigenvalue weighted by Crippen LogP contribution is 2.32. The molecule has 1 heterocycles. The first kappa shape index (κ1) is 31.3. The van der Waals surface area contributed by atoms with E-state index in [1.54, 1.807) is 37.3 Å². The Hall–Kier alpha value is -3.65. The number of nitrogens with zero attached hydrogens (tertiary/aromatic N) is 2.